The second-order valence-electron chi connectivity index (χ2n) is 4.61. The summed E-state index contributed by atoms with van der Waals surface area (Å²) in [6, 6.07) is 4.75. The SMILES string of the molecule is NC(=S)CCN(C(=O)c1ccc(O)c(Cl)c1)C1CC1. The number of thiocarbonyl (C=S) groups is 1. The highest BCUT2D eigenvalue weighted by molar-refractivity contribution is 7.80. The van der Waals surface area contributed by atoms with Gasteiger partial charge in [-0.3, -0.25) is 4.79 Å². The Bertz CT molecular complexity index is 517. The molecule has 0 unspecified atom stereocenters. The van der Waals surface area contributed by atoms with E-state index >= 15 is 0 Å². The van der Waals surface area contributed by atoms with Crippen molar-refractivity contribution in [1.29, 1.82) is 0 Å². The van der Waals surface area contributed by atoms with Gasteiger partial charge in [-0.2, -0.15) is 0 Å². The standard InChI is InChI=1S/C13H15ClN2O2S/c14-10-7-8(1-4-11(10)17)13(18)16(9-2-3-9)6-5-12(15)19/h1,4,7,9,17H,2-3,5-6H2,(H2,15,19). The molecule has 19 heavy (non-hydrogen) atoms. The largest absolute Gasteiger partial charge is 0.506 e. The summed E-state index contributed by atoms with van der Waals surface area (Å²) in [5, 5.41) is 9.55. The third kappa shape index (κ3) is 3.58. The van der Waals surface area contributed by atoms with E-state index in [-0.39, 0.29) is 22.7 Å². The first-order valence-electron chi connectivity index (χ1n) is 6.07. The molecule has 1 aliphatic carbocycles. The molecule has 4 nitrogen and oxygen atoms in total. The highest BCUT2D eigenvalue weighted by Gasteiger charge is 2.32. The first-order valence-corrected chi connectivity index (χ1v) is 6.85. The smallest absolute Gasteiger partial charge is 0.254 e. The molecule has 0 radical (unpaired) electrons. The Hall–Kier alpha value is -1.33. The highest BCUT2D eigenvalue weighted by atomic mass is 35.5. The van der Waals surface area contributed by atoms with Crippen LogP contribution >= 0.6 is 23.8 Å². The van der Waals surface area contributed by atoms with Gasteiger partial charge < -0.3 is 15.7 Å². The molecule has 1 aliphatic rings. The van der Waals surface area contributed by atoms with Crippen molar-refractivity contribution in [2.45, 2.75) is 25.3 Å². The minimum Gasteiger partial charge on any atom is -0.506 e. The van der Waals surface area contributed by atoms with Crippen molar-refractivity contribution < 1.29 is 9.90 Å². The van der Waals surface area contributed by atoms with Crippen LogP contribution in [0.25, 0.3) is 0 Å². The summed E-state index contributed by atoms with van der Waals surface area (Å²) in [6.07, 6.45) is 2.53. The molecule has 0 saturated heterocycles. The minimum absolute atomic E-state index is 0.0284. The maximum atomic E-state index is 12.4. The topological polar surface area (TPSA) is 66.6 Å². The van der Waals surface area contributed by atoms with E-state index in [9.17, 15) is 9.90 Å². The van der Waals surface area contributed by atoms with E-state index in [1.807, 2.05) is 0 Å². The Kier molecular flexibility index (Phi) is 4.27. The summed E-state index contributed by atoms with van der Waals surface area (Å²) in [5.74, 6) is -0.125. The van der Waals surface area contributed by atoms with Crippen LogP contribution in [0, 0.1) is 0 Å². The Morgan fingerprint density at radius 1 is 1.53 bits per heavy atom. The molecule has 0 bridgehead atoms. The molecule has 0 spiro atoms. The number of halogens is 1. The molecule has 3 N–H and O–H groups in total. The Morgan fingerprint density at radius 2 is 2.21 bits per heavy atom. The van der Waals surface area contributed by atoms with E-state index in [0.29, 0.717) is 23.5 Å². The predicted molar refractivity (Wildman–Crippen MR) is 78.6 cm³/mol. The average Bonchev–Trinajstić information content (AvgIpc) is 3.16. The molecule has 2 rings (SSSR count). The molecule has 1 amide bonds. The van der Waals surface area contributed by atoms with Gasteiger partial charge in [0.15, 0.2) is 0 Å². The predicted octanol–water partition coefficient (Wildman–Crippen LogP) is 2.33. The zero-order valence-electron chi connectivity index (χ0n) is 10.3. The molecular weight excluding hydrogens is 284 g/mol. The molecule has 1 fully saturated rings. The molecule has 1 aromatic carbocycles. The van der Waals surface area contributed by atoms with Gasteiger partial charge in [-0.15, -0.1) is 0 Å². The van der Waals surface area contributed by atoms with E-state index in [0.717, 1.165) is 12.8 Å². The van der Waals surface area contributed by atoms with Crippen LogP contribution in [-0.2, 0) is 0 Å². The van der Waals surface area contributed by atoms with Crippen molar-refractivity contribution in [1.82, 2.24) is 4.90 Å². The fourth-order valence-corrected chi connectivity index (χ4v) is 2.14. The number of rotatable bonds is 5. The van der Waals surface area contributed by atoms with Crippen LogP contribution in [0.15, 0.2) is 18.2 Å². The van der Waals surface area contributed by atoms with Gasteiger partial charge in [0.1, 0.15) is 5.75 Å². The van der Waals surface area contributed by atoms with Crippen LogP contribution in [0.5, 0.6) is 5.75 Å². The summed E-state index contributed by atoms with van der Waals surface area (Å²) in [5.41, 5.74) is 5.95. The maximum absolute atomic E-state index is 12.4. The van der Waals surface area contributed by atoms with Gasteiger partial charge in [0.25, 0.3) is 5.91 Å². The van der Waals surface area contributed by atoms with Gasteiger partial charge in [0, 0.05) is 24.6 Å². The molecule has 0 aromatic heterocycles. The molecule has 1 aromatic rings. The number of carbonyl (C=O) groups is 1. The summed E-state index contributed by atoms with van der Waals surface area (Å²) in [6.45, 7) is 0.525. The lowest BCUT2D eigenvalue weighted by molar-refractivity contribution is 0.0748. The van der Waals surface area contributed by atoms with Crippen molar-refractivity contribution in [2.75, 3.05) is 6.54 Å². The number of amides is 1. The van der Waals surface area contributed by atoms with Crippen LogP contribution in [0.1, 0.15) is 29.6 Å². The third-order valence-electron chi connectivity index (χ3n) is 3.04. The molecule has 1 saturated carbocycles. The second kappa shape index (κ2) is 5.75. The van der Waals surface area contributed by atoms with E-state index in [4.69, 9.17) is 29.6 Å². The van der Waals surface area contributed by atoms with Crippen LogP contribution in [0.2, 0.25) is 5.02 Å². The first-order chi connectivity index (χ1) is 8.99. The van der Waals surface area contributed by atoms with Crippen molar-refractivity contribution in [3.63, 3.8) is 0 Å². The fraction of sp³-hybridized carbons (Fsp3) is 0.385. The quantitative estimate of drug-likeness (QED) is 0.819. The lowest BCUT2D eigenvalue weighted by Crippen LogP contribution is -2.35. The van der Waals surface area contributed by atoms with Crippen molar-refractivity contribution in [3.05, 3.63) is 28.8 Å². The van der Waals surface area contributed by atoms with E-state index < -0.39 is 0 Å². The summed E-state index contributed by atoms with van der Waals surface area (Å²) < 4.78 is 0. The minimum atomic E-state index is -0.0966. The number of hydrogen-bond acceptors (Lipinski definition) is 3. The summed E-state index contributed by atoms with van der Waals surface area (Å²) >= 11 is 10.7. The molecular formula is C13H15ClN2O2S. The van der Waals surface area contributed by atoms with Crippen LogP contribution in [-0.4, -0.2) is 33.5 Å². The van der Waals surface area contributed by atoms with Gasteiger partial charge >= 0.3 is 0 Å². The number of nitrogens with two attached hydrogens (primary N) is 1. The fourth-order valence-electron chi connectivity index (χ4n) is 1.87. The van der Waals surface area contributed by atoms with Gasteiger partial charge in [-0.25, -0.2) is 0 Å². The zero-order valence-corrected chi connectivity index (χ0v) is 11.9. The van der Waals surface area contributed by atoms with E-state index in [1.165, 1.54) is 12.1 Å². The van der Waals surface area contributed by atoms with Crippen molar-refractivity contribution in [3.8, 4) is 5.75 Å². The van der Waals surface area contributed by atoms with E-state index in [1.54, 1.807) is 11.0 Å². The number of benzene rings is 1. The third-order valence-corrected chi connectivity index (χ3v) is 3.55. The Labute approximate surface area is 122 Å². The number of nitrogens with zero attached hydrogens (tertiary/aromatic N) is 1. The first kappa shape index (κ1) is 14.1. The van der Waals surface area contributed by atoms with Crippen molar-refractivity contribution in [2.24, 2.45) is 5.73 Å². The van der Waals surface area contributed by atoms with Gasteiger partial charge in [0.2, 0.25) is 0 Å². The summed E-state index contributed by atoms with van der Waals surface area (Å²) in [4.78, 5) is 14.6. The van der Waals surface area contributed by atoms with Gasteiger partial charge in [0.05, 0.1) is 10.0 Å². The Morgan fingerprint density at radius 3 is 2.74 bits per heavy atom. The lowest BCUT2D eigenvalue weighted by Gasteiger charge is -2.22. The second-order valence-corrected chi connectivity index (χ2v) is 5.54. The van der Waals surface area contributed by atoms with Crippen LogP contribution in [0.3, 0.4) is 0 Å². The van der Waals surface area contributed by atoms with Gasteiger partial charge in [-0.05, 0) is 31.0 Å². The molecule has 102 valence electrons. The number of phenols is 1. The molecule has 0 atom stereocenters. The lowest BCUT2D eigenvalue weighted by atomic mass is 10.2. The maximum Gasteiger partial charge on any atom is 0.254 e. The Balaban J connectivity index is 2.14. The number of hydrogen-bond donors (Lipinski definition) is 2. The normalized spacial score (nSPS) is 14.2. The van der Waals surface area contributed by atoms with Crippen LogP contribution < -0.4 is 5.73 Å². The van der Waals surface area contributed by atoms with Gasteiger partial charge in [-0.1, -0.05) is 23.8 Å². The van der Waals surface area contributed by atoms with Crippen LogP contribution in [0.4, 0.5) is 0 Å². The number of phenolic OH excluding ortho intramolecular Hbond substituents is 1. The molecule has 6 heteroatoms. The van der Waals surface area contributed by atoms with E-state index in [2.05, 4.69) is 0 Å². The average molecular weight is 299 g/mol. The monoisotopic (exact) mass is 298 g/mol. The zero-order chi connectivity index (χ0) is 14.0. The number of carbonyl (C=O) groups excluding carboxylic acids is 1. The molecule has 0 aliphatic heterocycles. The van der Waals surface area contributed by atoms with Crippen molar-refractivity contribution >= 4 is 34.7 Å². The molecule has 0 heterocycles. The number of aromatic hydroxyl groups is 1. The summed E-state index contributed by atoms with van der Waals surface area (Å²) in [7, 11) is 0. The highest BCUT2D eigenvalue weighted by Crippen LogP contribution is 2.30.